The van der Waals surface area contributed by atoms with Crippen molar-refractivity contribution in [1.82, 2.24) is 13.7 Å². The van der Waals surface area contributed by atoms with Gasteiger partial charge in [0.2, 0.25) is 5.91 Å². The number of ether oxygens (including phenoxy) is 1. The number of hydrogen-bond donors (Lipinski definition) is 2. The fourth-order valence-corrected chi connectivity index (χ4v) is 4.19. The van der Waals surface area contributed by atoms with Crippen molar-refractivity contribution >= 4 is 76.9 Å². The normalized spacial score (nSPS) is 17.4. The Hall–Kier alpha value is -1.61. The minimum absolute atomic E-state index is 0.107. The third kappa shape index (κ3) is 7.70. The molecule has 2 N–H and O–H groups in total. The Kier molecular flexibility index (Phi) is 10.9. The van der Waals surface area contributed by atoms with Crippen LogP contribution in [0.15, 0.2) is 18.2 Å². The highest BCUT2D eigenvalue weighted by Gasteiger charge is 2.52. The van der Waals surface area contributed by atoms with Crippen LogP contribution in [0.5, 0.6) is 0 Å². The lowest BCUT2D eigenvalue weighted by Crippen LogP contribution is -2.52. The largest absolute Gasteiger partial charge is 0.552 e. The summed E-state index contributed by atoms with van der Waals surface area (Å²) in [5.41, 5.74) is 0.133. The zero-order chi connectivity index (χ0) is 25.6. The van der Waals surface area contributed by atoms with Gasteiger partial charge in [0.05, 0.1) is 30.2 Å². The van der Waals surface area contributed by atoms with Crippen molar-refractivity contribution < 1.29 is 33.2 Å². The monoisotopic (exact) mass is 627 g/mol. The van der Waals surface area contributed by atoms with E-state index in [1.54, 1.807) is 13.1 Å². The first-order valence-electron chi connectivity index (χ1n) is 10.3. The first-order chi connectivity index (χ1) is 15.9. The maximum atomic E-state index is 12.6. The second-order valence-corrected chi connectivity index (χ2v) is 10.3. The van der Waals surface area contributed by atoms with Crippen molar-refractivity contribution in [2.75, 3.05) is 20.7 Å². The Bertz CT molecular complexity index is 937. The molecule has 1 saturated heterocycles. The number of likely N-dealkylation sites (N-methyl/N-ethyl adjacent to an activating group) is 1. The van der Waals surface area contributed by atoms with Gasteiger partial charge in [-0.1, -0.05) is 37.0 Å². The first kappa shape index (κ1) is 28.6. The van der Waals surface area contributed by atoms with E-state index in [2.05, 4.69) is 10.6 Å². The molecule has 34 heavy (non-hydrogen) atoms. The third-order valence-electron chi connectivity index (χ3n) is 4.84. The molecule has 1 aromatic rings. The smallest absolute Gasteiger partial charge is 0.506 e. The lowest BCUT2D eigenvalue weighted by atomic mass is 9.74. The Morgan fingerprint density at radius 1 is 1.29 bits per heavy atom. The van der Waals surface area contributed by atoms with Gasteiger partial charge in [-0.25, -0.2) is 3.11 Å². The molecule has 14 heteroatoms. The van der Waals surface area contributed by atoms with Crippen LogP contribution in [0.3, 0.4) is 0 Å². The van der Waals surface area contributed by atoms with Gasteiger partial charge in [0, 0.05) is 27.9 Å². The number of carbonyl (C=O) groups is 4. The molecule has 0 spiro atoms. The van der Waals surface area contributed by atoms with E-state index >= 15 is 0 Å². The van der Waals surface area contributed by atoms with E-state index in [0.717, 1.165) is 0 Å². The maximum Gasteiger partial charge on any atom is 0.552 e. The van der Waals surface area contributed by atoms with Gasteiger partial charge in [-0.15, -0.1) is 0 Å². The van der Waals surface area contributed by atoms with Gasteiger partial charge in [-0.05, 0) is 37.6 Å². The molecule has 1 fully saturated rings. The molecule has 2 rings (SSSR count). The number of carbonyl (C=O) groups excluding carboxylic acids is 4. The molecule has 1 aromatic carbocycles. The zero-order valence-corrected chi connectivity index (χ0v) is 22.6. The van der Waals surface area contributed by atoms with Crippen molar-refractivity contribution in [2.45, 2.75) is 38.4 Å². The van der Waals surface area contributed by atoms with Crippen LogP contribution in [0.25, 0.3) is 0 Å². The molecule has 0 radical (unpaired) electrons. The second-order valence-electron chi connectivity index (χ2n) is 7.97. The molecule has 1 aliphatic heterocycles. The lowest BCUT2D eigenvalue weighted by Gasteiger charge is -2.24. The van der Waals surface area contributed by atoms with Crippen molar-refractivity contribution in [2.24, 2.45) is 5.92 Å². The second kappa shape index (κ2) is 12.9. The Balaban J connectivity index is 2.06. The van der Waals surface area contributed by atoms with Crippen LogP contribution in [0.2, 0.25) is 10.0 Å². The number of esters is 1. The van der Waals surface area contributed by atoms with Crippen LogP contribution >= 0.6 is 46.1 Å². The van der Waals surface area contributed by atoms with E-state index in [1.807, 2.05) is 36.7 Å². The fraction of sp³-hybridized carbons (Fsp3) is 0.500. The number of benzene rings is 1. The van der Waals surface area contributed by atoms with Crippen LogP contribution in [0, 0.1) is 5.92 Å². The summed E-state index contributed by atoms with van der Waals surface area (Å²) in [6.07, 6.45) is -0.816. The maximum absolute atomic E-state index is 12.6. The van der Waals surface area contributed by atoms with E-state index in [0.29, 0.717) is 11.4 Å². The first-order valence-corrected chi connectivity index (χ1v) is 12.0. The fourth-order valence-electron chi connectivity index (χ4n) is 3.30. The number of amides is 2. The quantitative estimate of drug-likeness (QED) is 0.175. The van der Waals surface area contributed by atoms with E-state index in [1.165, 1.54) is 22.4 Å². The molecule has 2 amide bonds. The highest BCUT2D eigenvalue weighted by atomic mass is 127. The summed E-state index contributed by atoms with van der Waals surface area (Å²) in [7, 11) is 1.68. The van der Waals surface area contributed by atoms with Gasteiger partial charge in [0.1, 0.15) is 0 Å². The van der Waals surface area contributed by atoms with Crippen LogP contribution in [-0.2, 0) is 28.4 Å². The average molecular weight is 628 g/mol. The number of halogens is 3. The number of methoxy groups -OCH3 is 1. The number of nitrogens with one attached hydrogen (secondary N) is 2. The Morgan fingerprint density at radius 3 is 2.56 bits per heavy atom. The summed E-state index contributed by atoms with van der Waals surface area (Å²) < 4.78 is 17.3. The van der Waals surface area contributed by atoms with Gasteiger partial charge in [-0.3, -0.25) is 19.2 Å². The van der Waals surface area contributed by atoms with Crippen LogP contribution in [0.1, 0.15) is 30.6 Å². The van der Waals surface area contributed by atoms with Gasteiger partial charge < -0.3 is 24.7 Å². The Labute approximate surface area is 221 Å². The molecule has 0 saturated carbocycles. The summed E-state index contributed by atoms with van der Waals surface area (Å²) >= 11 is 13.8. The molecule has 186 valence electrons. The predicted molar refractivity (Wildman–Crippen MR) is 134 cm³/mol. The minimum atomic E-state index is -1.23. The predicted octanol–water partition coefficient (Wildman–Crippen LogP) is 2.05. The van der Waals surface area contributed by atoms with Crippen molar-refractivity contribution in [1.29, 1.82) is 0 Å². The van der Waals surface area contributed by atoms with Gasteiger partial charge in [0.15, 0.2) is 12.1 Å². The van der Waals surface area contributed by atoms with Crippen molar-refractivity contribution in [3.8, 4) is 0 Å². The van der Waals surface area contributed by atoms with Crippen LogP contribution < -0.4 is 10.6 Å². The standard InChI is InChI=1S/C20H25BCl2IN3O7/c1-10(2)7-14(21-33-17(20(31)34-21)16(27(3)24)19(30)32-4)26-15(28)9-25-18(29)12-8-11(22)5-6-13(12)23/h5-6,8,10,14,16-17H,7,9H2,1-4H3,(H,25,29)(H,26,28)/t14-,16+,17+/m0/s1. The topological polar surface area (TPSA) is 123 Å². The summed E-state index contributed by atoms with van der Waals surface area (Å²) in [6.45, 7) is 3.49. The average Bonchev–Trinajstić information content (AvgIpc) is 3.13. The molecule has 10 nitrogen and oxygen atoms in total. The number of hydrogen-bond acceptors (Lipinski definition) is 8. The molecular formula is C20H25BCl2IN3O7. The molecule has 0 aromatic heterocycles. The van der Waals surface area contributed by atoms with Crippen molar-refractivity contribution in [3.05, 3.63) is 33.8 Å². The molecular weight excluding hydrogens is 603 g/mol. The minimum Gasteiger partial charge on any atom is -0.506 e. The lowest BCUT2D eigenvalue weighted by molar-refractivity contribution is -0.152. The van der Waals surface area contributed by atoms with Crippen LogP contribution in [0.4, 0.5) is 0 Å². The summed E-state index contributed by atoms with van der Waals surface area (Å²) in [6, 6.07) is 3.39. The molecule has 1 aliphatic rings. The number of rotatable bonds is 10. The van der Waals surface area contributed by atoms with Crippen LogP contribution in [-0.4, -0.2) is 72.8 Å². The number of nitrogens with zero attached hydrogens (tertiary/aromatic N) is 1. The zero-order valence-electron chi connectivity index (χ0n) is 19.0. The van der Waals surface area contributed by atoms with E-state index in [-0.39, 0.29) is 23.0 Å². The van der Waals surface area contributed by atoms with E-state index < -0.39 is 49.0 Å². The van der Waals surface area contributed by atoms with Crippen molar-refractivity contribution in [3.63, 3.8) is 0 Å². The molecule has 1 heterocycles. The van der Waals surface area contributed by atoms with E-state index in [9.17, 15) is 19.2 Å². The molecule has 0 aliphatic carbocycles. The van der Waals surface area contributed by atoms with E-state index in [4.69, 9.17) is 37.2 Å². The van der Waals surface area contributed by atoms with Gasteiger partial charge in [-0.2, -0.15) is 0 Å². The molecule has 0 unspecified atom stereocenters. The third-order valence-corrected chi connectivity index (χ3v) is 6.01. The van der Waals surface area contributed by atoms with Gasteiger partial charge in [0.25, 0.3) is 5.91 Å². The Morgan fingerprint density at radius 2 is 1.97 bits per heavy atom. The highest BCUT2D eigenvalue weighted by molar-refractivity contribution is 14.1. The summed E-state index contributed by atoms with van der Waals surface area (Å²) in [4.78, 5) is 49.6. The molecule has 0 bridgehead atoms. The highest BCUT2D eigenvalue weighted by Crippen LogP contribution is 2.24. The summed E-state index contributed by atoms with van der Waals surface area (Å²) in [5.74, 6) is -3.11. The molecule has 3 atom stereocenters. The SMILES string of the molecule is COC(=O)[C@@H]([C@H]1OB([C@H](CC(C)C)NC(=O)CNC(=O)c2cc(Cl)ccc2Cl)OC1=O)N(C)I. The summed E-state index contributed by atoms with van der Waals surface area (Å²) in [5, 5.41) is 5.73. The van der Waals surface area contributed by atoms with Gasteiger partial charge >= 0.3 is 19.1 Å².